The number of carboxylic acid groups (broad SMARTS) is 1. The molecule has 3 aromatic carbocycles. The highest BCUT2D eigenvalue weighted by Crippen LogP contribution is 2.34. The standard InChI is InChI=1S/C24H18ClN3O6/c1-33-20-11-17(25)10-16(21(20)34-13-14-5-4-6-15(9-14)23(30)31)12-26-28-22(29)18-7-2-3-8-19(18)27-24(28)32/h2-12H,13H2,1H3,(H,27,32)(H,30,31). The summed E-state index contributed by atoms with van der Waals surface area (Å²) in [4.78, 5) is 39.0. The summed E-state index contributed by atoms with van der Waals surface area (Å²) in [6.45, 7) is 0.0243. The van der Waals surface area contributed by atoms with Crippen LogP contribution in [0.4, 0.5) is 0 Å². The molecule has 34 heavy (non-hydrogen) atoms. The molecule has 0 unspecified atom stereocenters. The van der Waals surface area contributed by atoms with Gasteiger partial charge in [0.1, 0.15) is 6.61 Å². The molecule has 172 valence electrons. The van der Waals surface area contributed by atoms with Gasteiger partial charge in [0.05, 0.1) is 29.8 Å². The minimum atomic E-state index is -1.05. The highest BCUT2D eigenvalue weighted by Gasteiger charge is 2.14. The highest BCUT2D eigenvalue weighted by molar-refractivity contribution is 6.31. The van der Waals surface area contributed by atoms with Gasteiger partial charge >= 0.3 is 11.7 Å². The number of methoxy groups -OCH3 is 1. The van der Waals surface area contributed by atoms with E-state index in [1.165, 1.54) is 37.6 Å². The number of nitrogens with one attached hydrogen (secondary N) is 1. The fraction of sp³-hybridized carbons (Fsp3) is 0.0833. The first-order valence-corrected chi connectivity index (χ1v) is 10.4. The molecule has 0 spiro atoms. The molecule has 1 heterocycles. The summed E-state index contributed by atoms with van der Waals surface area (Å²) in [5, 5.41) is 13.9. The zero-order chi connectivity index (χ0) is 24.2. The van der Waals surface area contributed by atoms with Gasteiger partial charge in [-0.05, 0) is 35.9 Å². The van der Waals surface area contributed by atoms with E-state index < -0.39 is 17.2 Å². The average molecular weight is 480 g/mol. The van der Waals surface area contributed by atoms with Crippen molar-refractivity contribution >= 4 is 34.7 Å². The van der Waals surface area contributed by atoms with E-state index in [1.807, 2.05) is 0 Å². The summed E-state index contributed by atoms with van der Waals surface area (Å²) in [5.74, 6) is -0.505. The topological polar surface area (TPSA) is 123 Å². The van der Waals surface area contributed by atoms with Crippen molar-refractivity contribution in [3.8, 4) is 11.5 Å². The summed E-state index contributed by atoms with van der Waals surface area (Å²) in [7, 11) is 1.43. The predicted molar refractivity (Wildman–Crippen MR) is 128 cm³/mol. The normalized spacial score (nSPS) is 11.1. The van der Waals surface area contributed by atoms with Crippen molar-refractivity contribution in [1.29, 1.82) is 0 Å². The maximum Gasteiger partial charge on any atom is 0.349 e. The van der Waals surface area contributed by atoms with Crippen LogP contribution in [-0.4, -0.2) is 34.1 Å². The third-order valence-electron chi connectivity index (χ3n) is 4.92. The van der Waals surface area contributed by atoms with Crippen LogP contribution >= 0.6 is 11.6 Å². The third-order valence-corrected chi connectivity index (χ3v) is 5.14. The Labute approximate surface area is 197 Å². The fourth-order valence-electron chi connectivity index (χ4n) is 3.32. The molecule has 0 aliphatic rings. The number of aromatic carboxylic acids is 1. The quantitative estimate of drug-likeness (QED) is 0.391. The molecule has 10 heteroatoms. The minimum Gasteiger partial charge on any atom is -0.493 e. The second-order valence-corrected chi connectivity index (χ2v) is 7.59. The number of halogens is 1. The Morgan fingerprint density at radius 3 is 2.71 bits per heavy atom. The van der Waals surface area contributed by atoms with Crippen LogP contribution in [0, 0.1) is 0 Å². The number of aromatic nitrogens is 2. The summed E-state index contributed by atoms with van der Waals surface area (Å²) < 4.78 is 12.0. The van der Waals surface area contributed by atoms with Crippen LogP contribution in [0.25, 0.3) is 10.9 Å². The van der Waals surface area contributed by atoms with Crippen LogP contribution in [0.3, 0.4) is 0 Å². The molecule has 0 bridgehead atoms. The van der Waals surface area contributed by atoms with Crippen molar-refractivity contribution in [2.45, 2.75) is 6.61 Å². The molecule has 9 nitrogen and oxygen atoms in total. The van der Waals surface area contributed by atoms with Gasteiger partial charge in [-0.15, -0.1) is 4.68 Å². The van der Waals surface area contributed by atoms with Gasteiger partial charge < -0.3 is 19.6 Å². The van der Waals surface area contributed by atoms with E-state index in [9.17, 15) is 19.5 Å². The first-order valence-electron chi connectivity index (χ1n) is 9.98. The number of H-pyrrole nitrogens is 1. The molecule has 0 aliphatic heterocycles. The Morgan fingerprint density at radius 2 is 1.94 bits per heavy atom. The number of carboxylic acids is 1. The summed E-state index contributed by atoms with van der Waals surface area (Å²) in [6, 6.07) is 16.0. The number of nitrogens with zero attached hydrogens (tertiary/aromatic N) is 2. The molecule has 0 atom stereocenters. The van der Waals surface area contributed by atoms with Crippen molar-refractivity contribution in [2.24, 2.45) is 5.10 Å². The maximum atomic E-state index is 12.7. The second-order valence-electron chi connectivity index (χ2n) is 7.16. The summed E-state index contributed by atoms with van der Waals surface area (Å²) in [6.07, 6.45) is 1.27. The van der Waals surface area contributed by atoms with Gasteiger partial charge in [-0.25, -0.2) is 9.59 Å². The molecule has 0 radical (unpaired) electrons. The van der Waals surface area contributed by atoms with Crippen molar-refractivity contribution in [3.05, 3.63) is 103 Å². The van der Waals surface area contributed by atoms with E-state index in [2.05, 4.69) is 10.1 Å². The Bertz CT molecular complexity index is 1540. The van der Waals surface area contributed by atoms with Crippen LogP contribution < -0.4 is 20.7 Å². The minimum absolute atomic E-state index is 0.0243. The highest BCUT2D eigenvalue weighted by atomic mass is 35.5. The zero-order valence-electron chi connectivity index (χ0n) is 17.8. The monoisotopic (exact) mass is 479 g/mol. The maximum absolute atomic E-state index is 12.7. The largest absolute Gasteiger partial charge is 0.493 e. The number of hydrogen-bond donors (Lipinski definition) is 2. The Hall–Kier alpha value is -4.37. The number of para-hydroxylation sites is 1. The first-order chi connectivity index (χ1) is 16.4. The Kier molecular flexibility index (Phi) is 6.46. The first kappa shape index (κ1) is 22.8. The Morgan fingerprint density at radius 1 is 1.15 bits per heavy atom. The SMILES string of the molecule is COc1cc(Cl)cc(C=Nn2c(=O)[nH]c3ccccc3c2=O)c1OCc1cccc(C(=O)O)c1. The van der Waals surface area contributed by atoms with Crippen LogP contribution in [0.1, 0.15) is 21.5 Å². The van der Waals surface area contributed by atoms with E-state index in [0.717, 1.165) is 0 Å². The lowest BCUT2D eigenvalue weighted by atomic mass is 10.1. The fourth-order valence-corrected chi connectivity index (χ4v) is 3.53. The summed E-state index contributed by atoms with van der Waals surface area (Å²) in [5.41, 5.74) is 0.196. The molecule has 1 aromatic heterocycles. The molecule has 0 saturated carbocycles. The van der Waals surface area contributed by atoms with Crippen molar-refractivity contribution in [1.82, 2.24) is 9.66 Å². The third kappa shape index (κ3) is 4.69. The molecular weight excluding hydrogens is 462 g/mol. The smallest absolute Gasteiger partial charge is 0.349 e. The number of rotatable bonds is 7. The van der Waals surface area contributed by atoms with Crippen LogP contribution in [0.2, 0.25) is 5.02 Å². The van der Waals surface area contributed by atoms with Crippen molar-refractivity contribution in [2.75, 3.05) is 7.11 Å². The lowest BCUT2D eigenvalue weighted by molar-refractivity contribution is 0.0696. The molecule has 0 saturated heterocycles. The van der Waals surface area contributed by atoms with E-state index in [4.69, 9.17) is 21.1 Å². The van der Waals surface area contributed by atoms with Crippen LogP contribution in [0.15, 0.2) is 75.4 Å². The molecular formula is C24H18ClN3O6. The number of aromatic amines is 1. The summed E-state index contributed by atoms with van der Waals surface area (Å²) >= 11 is 6.20. The van der Waals surface area contributed by atoms with Gasteiger partial charge in [0.25, 0.3) is 5.56 Å². The van der Waals surface area contributed by atoms with Gasteiger partial charge in [-0.2, -0.15) is 5.10 Å². The molecule has 0 fully saturated rings. The molecule has 4 aromatic rings. The van der Waals surface area contributed by atoms with E-state index in [0.29, 0.717) is 37.5 Å². The zero-order valence-corrected chi connectivity index (χ0v) is 18.6. The predicted octanol–water partition coefficient (Wildman–Crippen LogP) is 3.51. The van der Waals surface area contributed by atoms with E-state index >= 15 is 0 Å². The van der Waals surface area contributed by atoms with Crippen LogP contribution in [0.5, 0.6) is 11.5 Å². The van der Waals surface area contributed by atoms with Gasteiger partial charge in [-0.1, -0.05) is 35.9 Å². The lowest BCUT2D eigenvalue weighted by Gasteiger charge is -2.14. The van der Waals surface area contributed by atoms with Crippen molar-refractivity contribution < 1.29 is 19.4 Å². The van der Waals surface area contributed by atoms with Gasteiger partial charge in [0.2, 0.25) is 0 Å². The number of ether oxygens (including phenoxy) is 2. The molecule has 4 rings (SSSR count). The number of hydrogen-bond acceptors (Lipinski definition) is 6. The average Bonchev–Trinajstić information content (AvgIpc) is 2.83. The second kappa shape index (κ2) is 9.63. The molecule has 0 amide bonds. The lowest BCUT2D eigenvalue weighted by Crippen LogP contribution is -2.32. The van der Waals surface area contributed by atoms with Gasteiger partial charge in [-0.3, -0.25) is 4.79 Å². The molecule has 0 aliphatic carbocycles. The number of carbonyl (C=O) groups is 1. The number of benzene rings is 3. The Balaban J connectivity index is 1.72. The van der Waals surface area contributed by atoms with E-state index in [1.54, 1.807) is 36.4 Å². The van der Waals surface area contributed by atoms with Crippen LogP contribution in [-0.2, 0) is 6.61 Å². The van der Waals surface area contributed by atoms with Gasteiger partial charge in [0.15, 0.2) is 11.5 Å². The van der Waals surface area contributed by atoms with Crippen molar-refractivity contribution in [3.63, 3.8) is 0 Å². The molecule has 2 N–H and O–H groups in total. The van der Waals surface area contributed by atoms with E-state index in [-0.39, 0.29) is 17.9 Å². The van der Waals surface area contributed by atoms with Gasteiger partial charge in [0, 0.05) is 16.7 Å². The number of fused-ring (bicyclic) bond motifs is 1.